The maximum absolute atomic E-state index is 13.3. The van der Waals surface area contributed by atoms with Crippen LogP contribution in [0.25, 0.3) is 0 Å². The van der Waals surface area contributed by atoms with Gasteiger partial charge in [-0.3, -0.25) is 4.79 Å². The molecule has 22 heavy (non-hydrogen) atoms. The summed E-state index contributed by atoms with van der Waals surface area (Å²) in [6, 6.07) is 13.2. The van der Waals surface area contributed by atoms with Gasteiger partial charge in [-0.1, -0.05) is 30.3 Å². The van der Waals surface area contributed by atoms with Gasteiger partial charge in [-0.05, 0) is 29.8 Å². The molecule has 0 heterocycles. The highest BCUT2D eigenvalue weighted by atomic mass is 32.2. The fraction of sp³-hybridized carbons (Fsp3) is 0.188. The van der Waals surface area contributed by atoms with Gasteiger partial charge in [0.25, 0.3) is 0 Å². The molecule has 0 aliphatic heterocycles. The van der Waals surface area contributed by atoms with Crippen LogP contribution in [0.5, 0.6) is 0 Å². The molecule has 0 spiro atoms. The van der Waals surface area contributed by atoms with Crippen molar-refractivity contribution in [2.24, 2.45) is 5.92 Å². The van der Waals surface area contributed by atoms with Crippen molar-refractivity contribution in [3.8, 4) is 0 Å². The second-order valence-corrected chi connectivity index (χ2v) is 7.37. The molecule has 1 saturated carbocycles. The zero-order valence-electron chi connectivity index (χ0n) is 11.4. The summed E-state index contributed by atoms with van der Waals surface area (Å²) in [6.07, 6.45) is 0. The molecule has 2 aromatic carbocycles. The Bertz CT molecular complexity index is 817. The fourth-order valence-corrected chi connectivity index (χ4v) is 4.99. The molecule has 6 heteroatoms. The van der Waals surface area contributed by atoms with Crippen molar-refractivity contribution in [1.29, 1.82) is 0 Å². The predicted molar refractivity (Wildman–Crippen MR) is 77.7 cm³/mol. The molecule has 0 bridgehead atoms. The van der Waals surface area contributed by atoms with Gasteiger partial charge >= 0.3 is 5.97 Å². The highest BCUT2D eigenvalue weighted by molar-refractivity contribution is 7.92. The zero-order valence-corrected chi connectivity index (χ0v) is 12.2. The number of hydrogen-bond donors (Lipinski definition) is 1. The first-order valence-corrected chi connectivity index (χ1v) is 8.25. The number of hydrogen-bond acceptors (Lipinski definition) is 3. The quantitative estimate of drug-likeness (QED) is 0.939. The Morgan fingerprint density at radius 1 is 1.05 bits per heavy atom. The topological polar surface area (TPSA) is 71.4 Å². The monoisotopic (exact) mass is 320 g/mol. The van der Waals surface area contributed by atoms with Gasteiger partial charge < -0.3 is 5.11 Å². The molecule has 4 nitrogen and oxygen atoms in total. The largest absolute Gasteiger partial charge is 0.481 e. The number of carboxylic acids is 1. The molecule has 1 fully saturated rings. The van der Waals surface area contributed by atoms with E-state index in [0.29, 0.717) is 5.56 Å². The Hall–Kier alpha value is -2.21. The van der Waals surface area contributed by atoms with Crippen LogP contribution < -0.4 is 0 Å². The molecule has 1 aliphatic carbocycles. The second kappa shape index (κ2) is 5.21. The van der Waals surface area contributed by atoms with Gasteiger partial charge in [0.05, 0.1) is 16.1 Å². The number of rotatable bonds is 4. The number of carboxylic acid groups (broad SMARTS) is 1. The van der Waals surface area contributed by atoms with Crippen LogP contribution in [0.3, 0.4) is 0 Å². The van der Waals surface area contributed by atoms with Crippen molar-refractivity contribution in [3.05, 3.63) is 66.0 Å². The Morgan fingerprint density at radius 3 is 2.32 bits per heavy atom. The summed E-state index contributed by atoms with van der Waals surface area (Å²) in [6.45, 7) is 0. The minimum Gasteiger partial charge on any atom is -0.481 e. The van der Waals surface area contributed by atoms with Crippen LogP contribution in [0, 0.1) is 11.7 Å². The summed E-state index contributed by atoms with van der Waals surface area (Å²) < 4.78 is 38.6. The van der Waals surface area contributed by atoms with Crippen LogP contribution >= 0.6 is 0 Å². The molecule has 114 valence electrons. The third-order valence-corrected chi connectivity index (χ3v) is 6.13. The molecular weight excluding hydrogens is 307 g/mol. The second-order valence-electron chi connectivity index (χ2n) is 5.27. The minimum absolute atomic E-state index is 0.0881. The van der Waals surface area contributed by atoms with Crippen LogP contribution in [-0.4, -0.2) is 24.7 Å². The molecule has 3 rings (SSSR count). The van der Waals surface area contributed by atoms with E-state index in [1.165, 1.54) is 30.3 Å². The summed E-state index contributed by atoms with van der Waals surface area (Å²) in [7, 11) is -3.77. The predicted octanol–water partition coefficient (Wildman–Crippen LogP) is 2.47. The third kappa shape index (κ3) is 2.39. The number of halogens is 1. The summed E-state index contributed by atoms with van der Waals surface area (Å²) in [5, 5.41) is 8.22. The number of benzene rings is 2. The summed E-state index contributed by atoms with van der Waals surface area (Å²) in [5.41, 5.74) is 0.400. The van der Waals surface area contributed by atoms with E-state index in [1.807, 2.05) is 0 Å². The number of carbonyl (C=O) groups is 1. The Labute approximate surface area is 127 Å². The lowest BCUT2D eigenvalue weighted by atomic mass is 10.1. The average Bonchev–Trinajstić information content (AvgIpc) is 3.25. The van der Waals surface area contributed by atoms with Crippen molar-refractivity contribution in [2.45, 2.75) is 16.1 Å². The minimum atomic E-state index is -3.77. The van der Waals surface area contributed by atoms with Gasteiger partial charge in [-0.25, -0.2) is 12.8 Å². The summed E-state index contributed by atoms with van der Waals surface area (Å²) in [4.78, 5) is 11.4. The lowest BCUT2D eigenvalue weighted by Crippen LogP contribution is -2.13. The zero-order chi connectivity index (χ0) is 15.9. The molecule has 2 aromatic rings. The maximum Gasteiger partial charge on any atom is 0.308 e. The number of aliphatic carboxylic acids is 1. The van der Waals surface area contributed by atoms with Crippen LogP contribution in [0.15, 0.2) is 59.5 Å². The SMILES string of the molecule is O=C(O)[C@@H]1[C@H](c2cccc(F)c2)[C@@H]1S(=O)(=O)c1ccccc1. The van der Waals surface area contributed by atoms with Gasteiger partial charge in [-0.15, -0.1) is 0 Å². The molecular formula is C16H13FO4S. The van der Waals surface area contributed by atoms with Crippen LogP contribution in [0.1, 0.15) is 11.5 Å². The van der Waals surface area contributed by atoms with E-state index in [-0.39, 0.29) is 4.90 Å². The molecule has 1 N–H and O–H groups in total. The van der Waals surface area contributed by atoms with E-state index < -0.39 is 38.7 Å². The van der Waals surface area contributed by atoms with E-state index >= 15 is 0 Å². The summed E-state index contributed by atoms with van der Waals surface area (Å²) >= 11 is 0. The van der Waals surface area contributed by atoms with E-state index in [2.05, 4.69) is 0 Å². The molecule has 3 atom stereocenters. The Kier molecular flexibility index (Phi) is 3.48. The first-order chi connectivity index (χ1) is 10.4. The third-order valence-electron chi connectivity index (χ3n) is 3.90. The van der Waals surface area contributed by atoms with E-state index in [4.69, 9.17) is 0 Å². The highest BCUT2D eigenvalue weighted by Crippen LogP contribution is 2.54. The molecule has 1 aliphatic rings. The van der Waals surface area contributed by atoms with Crippen molar-refractivity contribution in [2.75, 3.05) is 0 Å². The van der Waals surface area contributed by atoms with Gasteiger partial charge in [-0.2, -0.15) is 0 Å². The molecule has 0 saturated heterocycles. The van der Waals surface area contributed by atoms with Crippen molar-refractivity contribution < 1.29 is 22.7 Å². The van der Waals surface area contributed by atoms with Crippen molar-refractivity contribution in [1.82, 2.24) is 0 Å². The Balaban J connectivity index is 2.01. The lowest BCUT2D eigenvalue weighted by Gasteiger charge is -2.04. The fourth-order valence-electron chi connectivity index (χ4n) is 2.84. The lowest BCUT2D eigenvalue weighted by molar-refractivity contribution is -0.138. The number of sulfone groups is 1. The molecule has 0 aromatic heterocycles. The highest BCUT2D eigenvalue weighted by Gasteiger charge is 2.63. The average molecular weight is 320 g/mol. The Morgan fingerprint density at radius 2 is 1.73 bits per heavy atom. The van der Waals surface area contributed by atoms with Crippen LogP contribution in [0.4, 0.5) is 4.39 Å². The smallest absolute Gasteiger partial charge is 0.308 e. The normalized spacial score (nSPS) is 24.0. The van der Waals surface area contributed by atoms with Gasteiger partial charge in [0.15, 0.2) is 9.84 Å². The van der Waals surface area contributed by atoms with Crippen LogP contribution in [-0.2, 0) is 14.6 Å². The van der Waals surface area contributed by atoms with Crippen molar-refractivity contribution >= 4 is 15.8 Å². The van der Waals surface area contributed by atoms with Crippen molar-refractivity contribution in [3.63, 3.8) is 0 Å². The molecule has 0 amide bonds. The molecule has 0 unspecified atom stereocenters. The van der Waals surface area contributed by atoms with E-state index in [1.54, 1.807) is 24.3 Å². The first-order valence-electron chi connectivity index (χ1n) is 6.70. The van der Waals surface area contributed by atoms with E-state index in [9.17, 15) is 22.7 Å². The van der Waals surface area contributed by atoms with Gasteiger partial charge in [0.1, 0.15) is 5.82 Å². The van der Waals surface area contributed by atoms with E-state index in [0.717, 1.165) is 0 Å². The van der Waals surface area contributed by atoms with Gasteiger partial charge in [0, 0.05) is 5.92 Å². The maximum atomic E-state index is 13.3. The first kappa shape index (κ1) is 14.7. The molecule has 0 radical (unpaired) electrons. The van der Waals surface area contributed by atoms with Crippen LogP contribution in [0.2, 0.25) is 0 Å². The summed E-state index contributed by atoms with van der Waals surface area (Å²) in [5.74, 6) is -3.46. The van der Waals surface area contributed by atoms with Gasteiger partial charge in [0.2, 0.25) is 0 Å². The standard InChI is InChI=1S/C16H13FO4S/c17-11-6-4-5-10(9-11)13-14(16(18)19)15(13)22(20,21)12-7-2-1-3-8-12/h1-9,13-15H,(H,18,19)/t13-,14+,15-/m0/s1.